The van der Waals surface area contributed by atoms with E-state index in [1.807, 2.05) is 22.6 Å². The first-order valence-corrected chi connectivity index (χ1v) is 10.6. The minimum absolute atomic E-state index is 0.0444. The number of hydrogen-bond acceptors (Lipinski definition) is 6. The number of aromatic nitrogens is 1. The summed E-state index contributed by atoms with van der Waals surface area (Å²) < 4.78 is 19.6. The molecule has 5 N–H and O–H groups in total. The largest absolute Gasteiger partial charge is 0.478 e. The van der Waals surface area contributed by atoms with Crippen LogP contribution in [0.25, 0.3) is 0 Å². The molecule has 11 heteroatoms. The van der Waals surface area contributed by atoms with Crippen LogP contribution in [0, 0.1) is 9.39 Å². The van der Waals surface area contributed by atoms with Gasteiger partial charge in [-0.05, 0) is 59.1 Å². The van der Waals surface area contributed by atoms with Crippen LogP contribution in [0.3, 0.4) is 0 Å². The lowest BCUT2D eigenvalue weighted by atomic mass is 10.2. The predicted molar refractivity (Wildman–Crippen MR) is 126 cm³/mol. The van der Waals surface area contributed by atoms with Crippen LogP contribution in [0.2, 0.25) is 0 Å². The topological polar surface area (TPSA) is 113 Å². The maximum absolute atomic E-state index is 13.6. The summed E-state index contributed by atoms with van der Waals surface area (Å²) >= 11 is 6.68. The van der Waals surface area contributed by atoms with Gasteiger partial charge in [0.15, 0.2) is 5.11 Å². The average Bonchev–Trinajstić information content (AvgIpc) is 2.71. The highest BCUT2D eigenvalue weighted by Crippen LogP contribution is 2.23. The smallest absolute Gasteiger partial charge is 0.337 e. The zero-order valence-corrected chi connectivity index (χ0v) is 19.1. The summed E-state index contributed by atoms with van der Waals surface area (Å²) in [7, 11) is 0. The van der Waals surface area contributed by atoms with Crippen LogP contribution in [-0.4, -0.2) is 65.5 Å². The minimum atomic E-state index is -1.09. The molecule has 0 spiro atoms. The van der Waals surface area contributed by atoms with E-state index in [0.29, 0.717) is 5.11 Å². The van der Waals surface area contributed by atoms with Crippen LogP contribution in [0.15, 0.2) is 36.7 Å². The molecule has 0 bridgehead atoms. The fourth-order valence-corrected chi connectivity index (χ4v) is 3.13. The van der Waals surface area contributed by atoms with E-state index < -0.39 is 11.8 Å². The number of rotatable bonds is 6. The van der Waals surface area contributed by atoms with E-state index in [9.17, 15) is 9.18 Å². The molecule has 0 saturated carbocycles. The van der Waals surface area contributed by atoms with Crippen molar-refractivity contribution < 1.29 is 19.0 Å². The highest BCUT2D eigenvalue weighted by atomic mass is 127. The first kappa shape index (κ1) is 24.2. The molecule has 162 valence electrons. The van der Waals surface area contributed by atoms with Crippen molar-refractivity contribution in [1.82, 2.24) is 15.2 Å². The third-order valence-electron chi connectivity index (χ3n) is 4.08. The third-order valence-corrected chi connectivity index (χ3v) is 4.90. The number of hydrogen-bond donors (Lipinski definition) is 4. The number of anilines is 2. The Hall–Kier alpha value is -2.09. The second kappa shape index (κ2) is 12.6. The molecule has 0 aliphatic carbocycles. The predicted octanol–water partition coefficient (Wildman–Crippen LogP) is 2.42. The number of pyridine rings is 1. The van der Waals surface area contributed by atoms with Crippen molar-refractivity contribution in [2.75, 3.05) is 44.7 Å². The number of aromatic carboxylic acids is 1. The van der Waals surface area contributed by atoms with Crippen LogP contribution in [0.1, 0.15) is 10.4 Å². The first-order chi connectivity index (χ1) is 14.4. The molecule has 3 rings (SSSR count). The summed E-state index contributed by atoms with van der Waals surface area (Å²) in [4.78, 5) is 17.1. The summed E-state index contributed by atoms with van der Waals surface area (Å²) in [6, 6.07) is 5.99. The lowest BCUT2D eigenvalue weighted by molar-refractivity contribution is 0.0389. The number of nitrogens with zero attached hydrogens (tertiary/aromatic N) is 2. The Kier molecular flexibility index (Phi) is 10.1. The Morgan fingerprint density at radius 3 is 2.70 bits per heavy atom. The number of nitrogens with one attached hydrogen (secondary N) is 2. The van der Waals surface area contributed by atoms with Crippen molar-refractivity contribution in [3.8, 4) is 0 Å². The summed E-state index contributed by atoms with van der Waals surface area (Å²) in [5.41, 5.74) is 5.80. The van der Waals surface area contributed by atoms with Crippen molar-refractivity contribution in [3.05, 3.63) is 51.6 Å². The zero-order chi connectivity index (χ0) is 21.9. The van der Waals surface area contributed by atoms with Crippen LogP contribution < -0.4 is 16.4 Å². The van der Waals surface area contributed by atoms with Gasteiger partial charge in [0.25, 0.3) is 0 Å². The summed E-state index contributed by atoms with van der Waals surface area (Å²) in [6.45, 7) is 5.52. The molecular formula is C19H23FIN5O3S. The van der Waals surface area contributed by atoms with Gasteiger partial charge in [0.2, 0.25) is 0 Å². The number of carboxylic acid groups (broad SMARTS) is 1. The molecule has 2 heterocycles. The van der Waals surface area contributed by atoms with Crippen LogP contribution >= 0.6 is 34.8 Å². The quantitative estimate of drug-likeness (QED) is 0.320. The molecule has 2 aromatic rings. The lowest BCUT2D eigenvalue weighted by Gasteiger charge is -2.26. The molecule has 1 saturated heterocycles. The van der Waals surface area contributed by atoms with Gasteiger partial charge >= 0.3 is 5.97 Å². The molecule has 0 atom stereocenters. The molecule has 0 amide bonds. The Bertz CT molecular complexity index is 868. The van der Waals surface area contributed by atoms with E-state index in [1.54, 1.807) is 12.1 Å². The normalized spacial score (nSPS) is 13.7. The maximum atomic E-state index is 13.6. The van der Waals surface area contributed by atoms with Gasteiger partial charge in [-0.2, -0.15) is 0 Å². The van der Waals surface area contributed by atoms with Gasteiger partial charge in [-0.25, -0.2) is 9.18 Å². The minimum Gasteiger partial charge on any atom is -0.478 e. The van der Waals surface area contributed by atoms with Crippen molar-refractivity contribution in [2.24, 2.45) is 5.73 Å². The molecule has 1 aromatic carbocycles. The van der Waals surface area contributed by atoms with Crippen LogP contribution in [-0.2, 0) is 4.74 Å². The van der Waals surface area contributed by atoms with Crippen molar-refractivity contribution >= 4 is 57.3 Å². The van der Waals surface area contributed by atoms with Crippen molar-refractivity contribution in [2.45, 2.75) is 0 Å². The second-order valence-electron chi connectivity index (χ2n) is 6.22. The molecule has 1 aliphatic heterocycles. The van der Waals surface area contributed by atoms with Gasteiger partial charge < -0.3 is 26.2 Å². The molecule has 1 aliphatic rings. The van der Waals surface area contributed by atoms with Crippen LogP contribution in [0.4, 0.5) is 15.8 Å². The molecule has 0 unspecified atom stereocenters. The monoisotopic (exact) mass is 547 g/mol. The fourth-order valence-electron chi connectivity index (χ4n) is 2.58. The molecule has 8 nitrogen and oxygen atoms in total. The van der Waals surface area contributed by atoms with Crippen LogP contribution in [0.5, 0.6) is 0 Å². The number of thiocarbonyl (C=S) groups is 1. The van der Waals surface area contributed by atoms with Gasteiger partial charge in [0.05, 0.1) is 36.3 Å². The Morgan fingerprint density at radius 1 is 1.33 bits per heavy atom. The molecule has 0 radical (unpaired) electrons. The van der Waals surface area contributed by atoms with E-state index in [4.69, 9.17) is 15.6 Å². The molecular weight excluding hydrogens is 524 g/mol. The first-order valence-electron chi connectivity index (χ1n) is 9.09. The summed E-state index contributed by atoms with van der Waals surface area (Å²) in [5.74, 6) is -1.53. The summed E-state index contributed by atoms with van der Waals surface area (Å²) in [6.07, 6.45) is 2.72. The SMILES string of the molecule is NC(=S)NCCN1CCOCC1.O=C(O)c1ccncc1Nc1ccc(I)cc1F. The molecule has 30 heavy (non-hydrogen) atoms. The summed E-state index contributed by atoms with van der Waals surface area (Å²) in [5, 5.41) is 15.0. The van der Waals surface area contributed by atoms with Gasteiger partial charge in [-0.3, -0.25) is 9.88 Å². The van der Waals surface area contributed by atoms with Crippen molar-refractivity contribution in [1.29, 1.82) is 0 Å². The number of nitrogens with two attached hydrogens (primary N) is 1. The van der Waals surface area contributed by atoms with E-state index in [-0.39, 0.29) is 16.9 Å². The number of morpholine rings is 1. The fraction of sp³-hybridized carbons (Fsp3) is 0.316. The van der Waals surface area contributed by atoms with E-state index in [2.05, 4.69) is 32.7 Å². The average molecular weight is 547 g/mol. The molecule has 1 aromatic heterocycles. The van der Waals surface area contributed by atoms with E-state index >= 15 is 0 Å². The van der Waals surface area contributed by atoms with Crippen molar-refractivity contribution in [3.63, 3.8) is 0 Å². The standard InChI is InChI=1S/C12H8FIN2O2.C7H15N3OS/c13-9-5-7(14)1-2-10(9)16-11-6-15-4-3-8(11)12(17)18;8-7(12)9-1-2-10-3-5-11-6-4-10/h1-6,16H,(H,17,18);1-6H2,(H3,8,9,12). The number of benzene rings is 1. The van der Waals surface area contributed by atoms with Gasteiger partial charge in [-0.1, -0.05) is 0 Å². The Labute approximate surface area is 193 Å². The number of ether oxygens (including phenoxy) is 1. The zero-order valence-electron chi connectivity index (χ0n) is 16.1. The van der Waals surface area contributed by atoms with E-state index in [0.717, 1.165) is 43.0 Å². The number of halogens is 2. The van der Waals surface area contributed by atoms with Gasteiger partial charge in [-0.15, -0.1) is 0 Å². The number of carbonyl (C=O) groups is 1. The lowest BCUT2D eigenvalue weighted by Crippen LogP contribution is -2.42. The van der Waals surface area contributed by atoms with Gasteiger partial charge in [0, 0.05) is 35.9 Å². The van der Waals surface area contributed by atoms with E-state index in [1.165, 1.54) is 24.5 Å². The Balaban J connectivity index is 0.000000232. The molecule has 1 fully saturated rings. The maximum Gasteiger partial charge on any atom is 0.337 e. The van der Waals surface area contributed by atoms with Gasteiger partial charge in [0.1, 0.15) is 5.82 Å². The highest BCUT2D eigenvalue weighted by Gasteiger charge is 2.11. The number of carboxylic acids is 1. The highest BCUT2D eigenvalue weighted by molar-refractivity contribution is 14.1. The Morgan fingerprint density at radius 2 is 2.07 bits per heavy atom. The second-order valence-corrected chi connectivity index (χ2v) is 7.91. The third kappa shape index (κ3) is 8.34.